The number of piperidine rings is 1. The summed E-state index contributed by atoms with van der Waals surface area (Å²) in [4.78, 5) is 0.341. The van der Waals surface area contributed by atoms with E-state index >= 15 is 0 Å². The molecule has 0 spiro atoms. The molecule has 120 valence electrons. The monoisotopic (exact) mass is 315 g/mol. The zero-order chi connectivity index (χ0) is 15.5. The molecule has 0 bridgehead atoms. The Hall–Kier alpha value is -0.890. The van der Waals surface area contributed by atoms with Crippen molar-refractivity contribution in [2.24, 2.45) is 5.73 Å². The lowest BCUT2D eigenvalue weighted by atomic mass is 10.1. The largest absolute Gasteiger partial charge is 0.380 e. The highest BCUT2D eigenvalue weighted by Gasteiger charge is 2.31. The second-order valence-electron chi connectivity index (χ2n) is 5.43. The molecule has 1 aliphatic heterocycles. The van der Waals surface area contributed by atoms with Crippen LogP contribution in [0.15, 0.2) is 17.2 Å². The molecule has 7 heteroatoms. The van der Waals surface area contributed by atoms with Crippen molar-refractivity contribution < 1.29 is 13.2 Å². The Labute approximate surface area is 126 Å². The molecule has 1 unspecified atom stereocenters. The molecule has 6 nitrogen and oxygen atoms in total. The maximum absolute atomic E-state index is 12.8. The second-order valence-corrected chi connectivity index (χ2v) is 7.37. The number of sulfonamides is 1. The van der Waals surface area contributed by atoms with Gasteiger partial charge in [-0.25, -0.2) is 8.42 Å². The van der Waals surface area contributed by atoms with E-state index in [0.717, 1.165) is 31.5 Å². The van der Waals surface area contributed by atoms with Crippen LogP contribution in [-0.2, 0) is 27.8 Å². The van der Waals surface area contributed by atoms with Gasteiger partial charge < -0.3 is 15.0 Å². The van der Waals surface area contributed by atoms with E-state index in [0.29, 0.717) is 24.5 Å². The summed E-state index contributed by atoms with van der Waals surface area (Å²) in [5.74, 6) is 0. The van der Waals surface area contributed by atoms with Crippen molar-refractivity contribution in [1.29, 1.82) is 0 Å². The Morgan fingerprint density at radius 3 is 2.86 bits per heavy atom. The van der Waals surface area contributed by atoms with Gasteiger partial charge in [0.15, 0.2) is 0 Å². The predicted molar refractivity (Wildman–Crippen MR) is 81.4 cm³/mol. The summed E-state index contributed by atoms with van der Waals surface area (Å²) in [6.07, 6.45) is 4.37. The SMILES string of the molecule is CCCn1cc(S(=O)(=O)N2CCCC(OC)C2)cc1CN. The minimum absolute atomic E-state index is 0.0137. The van der Waals surface area contributed by atoms with E-state index in [1.807, 2.05) is 4.57 Å². The average Bonchev–Trinajstić information content (AvgIpc) is 2.91. The molecule has 0 aromatic carbocycles. The lowest BCUT2D eigenvalue weighted by Gasteiger charge is -2.30. The van der Waals surface area contributed by atoms with Gasteiger partial charge >= 0.3 is 0 Å². The lowest BCUT2D eigenvalue weighted by molar-refractivity contribution is 0.0572. The summed E-state index contributed by atoms with van der Waals surface area (Å²) < 4.78 is 34.3. The summed E-state index contributed by atoms with van der Waals surface area (Å²) in [5, 5.41) is 0. The molecule has 0 saturated carbocycles. The first-order valence-corrected chi connectivity index (χ1v) is 8.89. The van der Waals surface area contributed by atoms with Gasteiger partial charge in [-0.3, -0.25) is 0 Å². The maximum Gasteiger partial charge on any atom is 0.244 e. The van der Waals surface area contributed by atoms with E-state index in [-0.39, 0.29) is 6.10 Å². The molecule has 1 aromatic rings. The van der Waals surface area contributed by atoms with Crippen LogP contribution in [0.25, 0.3) is 0 Å². The number of methoxy groups -OCH3 is 1. The zero-order valence-corrected chi connectivity index (χ0v) is 13.6. The molecule has 0 aliphatic carbocycles. The smallest absolute Gasteiger partial charge is 0.244 e. The van der Waals surface area contributed by atoms with Gasteiger partial charge in [-0.05, 0) is 25.3 Å². The fourth-order valence-electron chi connectivity index (χ4n) is 2.75. The van der Waals surface area contributed by atoms with Crippen molar-refractivity contribution in [2.45, 2.75) is 50.3 Å². The summed E-state index contributed by atoms with van der Waals surface area (Å²) in [6, 6.07) is 1.70. The van der Waals surface area contributed by atoms with Crippen LogP contribution in [0.2, 0.25) is 0 Å². The fourth-order valence-corrected chi connectivity index (χ4v) is 4.33. The molecule has 21 heavy (non-hydrogen) atoms. The normalized spacial score (nSPS) is 20.8. The number of rotatable bonds is 6. The number of nitrogens with zero attached hydrogens (tertiary/aromatic N) is 2. The van der Waals surface area contributed by atoms with E-state index in [9.17, 15) is 8.42 Å². The van der Waals surface area contributed by atoms with Gasteiger partial charge in [0.2, 0.25) is 10.0 Å². The number of nitrogens with two attached hydrogens (primary N) is 1. The molecule has 1 aliphatic rings. The standard InChI is InChI=1S/C14H25N3O3S/c1-3-6-16-11-14(8-12(16)9-15)21(18,19)17-7-4-5-13(10-17)20-2/h8,11,13H,3-7,9-10,15H2,1-2H3. The van der Waals surface area contributed by atoms with Crippen molar-refractivity contribution in [3.8, 4) is 0 Å². The number of aromatic nitrogens is 1. The Morgan fingerprint density at radius 2 is 2.24 bits per heavy atom. The molecule has 1 aromatic heterocycles. The van der Waals surface area contributed by atoms with E-state index in [1.165, 1.54) is 4.31 Å². The summed E-state index contributed by atoms with van der Waals surface area (Å²) >= 11 is 0. The van der Waals surface area contributed by atoms with E-state index < -0.39 is 10.0 Å². The third-order valence-corrected chi connectivity index (χ3v) is 5.78. The molecular weight excluding hydrogens is 290 g/mol. The molecule has 0 radical (unpaired) electrons. The topological polar surface area (TPSA) is 77.6 Å². The third kappa shape index (κ3) is 3.48. The summed E-state index contributed by atoms with van der Waals surface area (Å²) in [5.41, 5.74) is 6.57. The molecule has 0 amide bonds. The first kappa shape index (κ1) is 16.5. The molecule has 2 heterocycles. The van der Waals surface area contributed by atoms with Crippen LogP contribution >= 0.6 is 0 Å². The first-order valence-electron chi connectivity index (χ1n) is 7.45. The highest BCUT2D eigenvalue weighted by atomic mass is 32.2. The van der Waals surface area contributed by atoms with Crippen molar-refractivity contribution in [1.82, 2.24) is 8.87 Å². The number of aryl methyl sites for hydroxylation is 1. The number of hydrogen-bond donors (Lipinski definition) is 1. The van der Waals surface area contributed by atoms with Gasteiger partial charge in [0.05, 0.1) is 6.10 Å². The Kier molecular flexibility index (Phi) is 5.43. The van der Waals surface area contributed by atoms with E-state index in [4.69, 9.17) is 10.5 Å². The number of hydrogen-bond acceptors (Lipinski definition) is 4. The fraction of sp³-hybridized carbons (Fsp3) is 0.714. The van der Waals surface area contributed by atoms with Crippen LogP contribution in [0.5, 0.6) is 0 Å². The minimum Gasteiger partial charge on any atom is -0.380 e. The first-order chi connectivity index (χ1) is 10.0. The quantitative estimate of drug-likeness (QED) is 0.854. The average molecular weight is 315 g/mol. The van der Waals surface area contributed by atoms with Gasteiger partial charge in [-0.15, -0.1) is 0 Å². The molecule has 2 rings (SSSR count). The lowest BCUT2D eigenvalue weighted by Crippen LogP contribution is -2.42. The number of ether oxygens (including phenoxy) is 1. The van der Waals surface area contributed by atoms with E-state index in [1.54, 1.807) is 19.4 Å². The van der Waals surface area contributed by atoms with Gasteiger partial charge in [0, 0.05) is 45.2 Å². The predicted octanol–water partition coefficient (Wildman–Crippen LogP) is 1.16. The van der Waals surface area contributed by atoms with Gasteiger partial charge in [0.1, 0.15) is 4.90 Å². The molecule has 1 saturated heterocycles. The zero-order valence-electron chi connectivity index (χ0n) is 12.8. The Balaban J connectivity index is 2.26. The van der Waals surface area contributed by atoms with Crippen LogP contribution in [0.1, 0.15) is 31.9 Å². The van der Waals surface area contributed by atoms with Crippen LogP contribution < -0.4 is 5.73 Å². The third-order valence-electron chi connectivity index (χ3n) is 3.95. The van der Waals surface area contributed by atoms with E-state index in [2.05, 4.69) is 6.92 Å². The molecule has 1 atom stereocenters. The Morgan fingerprint density at radius 1 is 1.48 bits per heavy atom. The highest BCUT2D eigenvalue weighted by Crippen LogP contribution is 2.23. The summed E-state index contributed by atoms with van der Waals surface area (Å²) in [7, 11) is -1.83. The highest BCUT2D eigenvalue weighted by molar-refractivity contribution is 7.89. The van der Waals surface area contributed by atoms with Crippen LogP contribution in [0, 0.1) is 0 Å². The maximum atomic E-state index is 12.8. The summed E-state index contributed by atoms with van der Waals surface area (Å²) in [6.45, 7) is 4.16. The van der Waals surface area contributed by atoms with Crippen LogP contribution in [0.4, 0.5) is 0 Å². The van der Waals surface area contributed by atoms with Crippen molar-refractivity contribution in [3.05, 3.63) is 18.0 Å². The molecular formula is C14H25N3O3S. The Bertz CT molecular complexity index is 568. The van der Waals surface area contributed by atoms with Gasteiger partial charge in [-0.1, -0.05) is 6.92 Å². The minimum atomic E-state index is -3.46. The van der Waals surface area contributed by atoms with Crippen LogP contribution in [0.3, 0.4) is 0 Å². The van der Waals surface area contributed by atoms with Gasteiger partial charge in [-0.2, -0.15) is 4.31 Å². The van der Waals surface area contributed by atoms with Crippen molar-refractivity contribution in [3.63, 3.8) is 0 Å². The van der Waals surface area contributed by atoms with Crippen molar-refractivity contribution >= 4 is 10.0 Å². The van der Waals surface area contributed by atoms with Crippen molar-refractivity contribution in [2.75, 3.05) is 20.2 Å². The van der Waals surface area contributed by atoms with Crippen LogP contribution in [-0.4, -0.2) is 43.6 Å². The second kappa shape index (κ2) is 6.91. The van der Waals surface area contributed by atoms with Gasteiger partial charge in [0.25, 0.3) is 0 Å². The molecule has 1 fully saturated rings. The molecule has 2 N–H and O–H groups in total.